The molecule has 18 heavy (non-hydrogen) atoms. The zero-order chi connectivity index (χ0) is 11.9. The first-order valence-electron chi connectivity index (χ1n) is 6.74. The van der Waals surface area contributed by atoms with E-state index in [0.717, 1.165) is 28.8 Å². The lowest BCUT2D eigenvalue weighted by atomic mass is 10.1. The van der Waals surface area contributed by atoms with Crippen molar-refractivity contribution in [2.45, 2.75) is 31.7 Å². The maximum absolute atomic E-state index is 4.55. The summed E-state index contributed by atoms with van der Waals surface area (Å²) >= 11 is 0. The number of anilines is 1. The third-order valence-corrected chi connectivity index (χ3v) is 3.91. The van der Waals surface area contributed by atoms with Crippen LogP contribution in [-0.4, -0.2) is 21.0 Å². The fraction of sp³-hybridized carbons (Fsp3) is 0.500. The molecule has 2 fully saturated rings. The molecule has 0 unspecified atom stereocenters. The van der Waals surface area contributed by atoms with Gasteiger partial charge in [0.1, 0.15) is 11.3 Å². The van der Waals surface area contributed by atoms with Crippen molar-refractivity contribution >= 4 is 17.0 Å². The van der Waals surface area contributed by atoms with E-state index in [4.69, 9.17) is 0 Å². The second kappa shape index (κ2) is 3.90. The smallest absolute Gasteiger partial charge is 0.180 e. The van der Waals surface area contributed by atoms with Gasteiger partial charge in [-0.2, -0.15) is 0 Å². The van der Waals surface area contributed by atoms with Gasteiger partial charge >= 0.3 is 0 Å². The van der Waals surface area contributed by atoms with Crippen molar-refractivity contribution in [1.82, 2.24) is 15.0 Å². The van der Waals surface area contributed by atoms with Gasteiger partial charge in [0, 0.05) is 18.4 Å². The number of hydrogen-bond acceptors (Lipinski definition) is 4. The van der Waals surface area contributed by atoms with Crippen LogP contribution in [-0.2, 0) is 0 Å². The summed E-state index contributed by atoms with van der Waals surface area (Å²) in [5, 5.41) is 3.62. The van der Waals surface area contributed by atoms with Crippen LogP contribution >= 0.6 is 0 Å². The Kier molecular flexibility index (Phi) is 2.22. The maximum Gasteiger partial charge on any atom is 0.180 e. The largest absolute Gasteiger partial charge is 0.367 e. The molecule has 4 nitrogen and oxygen atoms in total. The first-order valence-corrected chi connectivity index (χ1v) is 6.74. The molecule has 2 saturated carbocycles. The van der Waals surface area contributed by atoms with E-state index < -0.39 is 0 Å². The highest BCUT2D eigenvalue weighted by molar-refractivity contribution is 5.71. The van der Waals surface area contributed by atoms with Gasteiger partial charge < -0.3 is 5.32 Å². The molecule has 2 aromatic rings. The fourth-order valence-electron chi connectivity index (χ4n) is 2.64. The van der Waals surface area contributed by atoms with E-state index in [-0.39, 0.29) is 0 Å². The van der Waals surface area contributed by atoms with E-state index in [1.165, 1.54) is 25.7 Å². The molecule has 0 amide bonds. The van der Waals surface area contributed by atoms with Crippen molar-refractivity contribution < 1.29 is 0 Å². The SMILES string of the molecule is c1cnc2nc(NC(C3CC3)C3CC3)ccc2n1. The Morgan fingerprint density at radius 1 is 1.00 bits per heavy atom. The van der Waals surface area contributed by atoms with Gasteiger partial charge in [-0.15, -0.1) is 0 Å². The third kappa shape index (κ3) is 1.92. The minimum Gasteiger partial charge on any atom is -0.367 e. The zero-order valence-corrected chi connectivity index (χ0v) is 10.2. The van der Waals surface area contributed by atoms with Crippen molar-refractivity contribution in [3.8, 4) is 0 Å². The van der Waals surface area contributed by atoms with Crippen LogP contribution in [0.25, 0.3) is 11.2 Å². The fourth-order valence-corrected chi connectivity index (χ4v) is 2.64. The molecule has 0 atom stereocenters. The summed E-state index contributed by atoms with van der Waals surface area (Å²) in [5.41, 5.74) is 1.59. The van der Waals surface area contributed by atoms with E-state index >= 15 is 0 Å². The first kappa shape index (κ1) is 10.2. The molecule has 2 heterocycles. The van der Waals surface area contributed by atoms with Crippen LogP contribution in [0.4, 0.5) is 5.82 Å². The molecular formula is C14H16N4. The standard InChI is InChI=1S/C14H16N4/c1-2-9(1)13(10-3-4-10)17-12-6-5-11-14(18-12)16-8-7-15-11/h5-10,13H,1-4H2,(H,16,17,18). The molecule has 0 radical (unpaired) electrons. The molecule has 4 rings (SSSR count). The second-order valence-electron chi connectivity index (χ2n) is 5.44. The zero-order valence-electron chi connectivity index (χ0n) is 10.2. The maximum atomic E-state index is 4.55. The van der Waals surface area contributed by atoms with E-state index in [0.29, 0.717) is 6.04 Å². The van der Waals surface area contributed by atoms with E-state index in [2.05, 4.69) is 20.3 Å². The average Bonchev–Trinajstić information content (AvgIpc) is 3.29. The summed E-state index contributed by atoms with van der Waals surface area (Å²) in [4.78, 5) is 13.1. The number of nitrogens with zero attached hydrogens (tertiary/aromatic N) is 3. The monoisotopic (exact) mass is 240 g/mol. The molecule has 2 aliphatic carbocycles. The molecule has 4 heteroatoms. The van der Waals surface area contributed by atoms with Gasteiger partial charge in [0.25, 0.3) is 0 Å². The molecule has 0 bridgehead atoms. The van der Waals surface area contributed by atoms with Crippen molar-refractivity contribution in [1.29, 1.82) is 0 Å². The minimum absolute atomic E-state index is 0.631. The molecule has 2 aliphatic rings. The van der Waals surface area contributed by atoms with Crippen molar-refractivity contribution in [2.75, 3.05) is 5.32 Å². The summed E-state index contributed by atoms with van der Waals surface area (Å²) in [6.45, 7) is 0. The van der Waals surface area contributed by atoms with Crippen LogP contribution in [0, 0.1) is 11.8 Å². The van der Waals surface area contributed by atoms with E-state index in [1.54, 1.807) is 12.4 Å². The summed E-state index contributed by atoms with van der Waals surface area (Å²) in [6.07, 6.45) is 8.90. The highest BCUT2D eigenvalue weighted by atomic mass is 15.1. The number of nitrogens with one attached hydrogen (secondary N) is 1. The Labute approximate surface area is 106 Å². The summed E-state index contributed by atoms with van der Waals surface area (Å²) in [7, 11) is 0. The molecule has 2 aromatic heterocycles. The first-order chi connectivity index (χ1) is 8.90. The molecule has 92 valence electrons. The summed E-state index contributed by atoms with van der Waals surface area (Å²) in [5.74, 6) is 2.69. The van der Waals surface area contributed by atoms with Crippen LogP contribution in [0.2, 0.25) is 0 Å². The topological polar surface area (TPSA) is 50.7 Å². The Morgan fingerprint density at radius 2 is 1.72 bits per heavy atom. The van der Waals surface area contributed by atoms with Gasteiger partial charge in [0.05, 0.1) is 0 Å². The molecule has 0 aliphatic heterocycles. The minimum atomic E-state index is 0.631. The number of rotatable bonds is 4. The lowest BCUT2D eigenvalue weighted by Crippen LogP contribution is -2.24. The van der Waals surface area contributed by atoms with Gasteiger partial charge in [-0.25, -0.2) is 9.97 Å². The van der Waals surface area contributed by atoms with Gasteiger partial charge in [-0.05, 0) is 49.7 Å². The Morgan fingerprint density at radius 3 is 2.44 bits per heavy atom. The predicted octanol–water partition coefficient (Wildman–Crippen LogP) is 2.63. The highest BCUT2D eigenvalue weighted by Gasteiger charge is 2.41. The second-order valence-corrected chi connectivity index (χ2v) is 5.44. The molecule has 0 saturated heterocycles. The van der Waals surface area contributed by atoms with Crippen molar-refractivity contribution in [3.05, 3.63) is 24.5 Å². The normalized spacial score (nSPS) is 19.4. The van der Waals surface area contributed by atoms with Gasteiger partial charge in [-0.1, -0.05) is 0 Å². The number of hydrogen-bond donors (Lipinski definition) is 1. The number of pyridine rings is 1. The van der Waals surface area contributed by atoms with E-state index in [1.807, 2.05) is 12.1 Å². The van der Waals surface area contributed by atoms with E-state index in [9.17, 15) is 0 Å². The van der Waals surface area contributed by atoms with Crippen molar-refractivity contribution in [3.63, 3.8) is 0 Å². The Bertz CT molecular complexity index is 563. The predicted molar refractivity (Wildman–Crippen MR) is 70.2 cm³/mol. The number of aromatic nitrogens is 3. The third-order valence-electron chi connectivity index (χ3n) is 3.91. The van der Waals surface area contributed by atoms with Gasteiger partial charge in [-0.3, -0.25) is 4.98 Å². The molecule has 0 aromatic carbocycles. The Balaban J connectivity index is 1.61. The lowest BCUT2D eigenvalue weighted by Gasteiger charge is -2.18. The number of fused-ring (bicyclic) bond motifs is 1. The lowest BCUT2D eigenvalue weighted by molar-refractivity contribution is 0.566. The van der Waals surface area contributed by atoms with Crippen LogP contribution < -0.4 is 5.32 Å². The molecule has 0 spiro atoms. The van der Waals surface area contributed by atoms with Gasteiger partial charge in [0.15, 0.2) is 5.65 Å². The highest BCUT2D eigenvalue weighted by Crippen LogP contribution is 2.45. The summed E-state index contributed by atoms with van der Waals surface area (Å²) in [6, 6.07) is 4.65. The van der Waals surface area contributed by atoms with Crippen LogP contribution in [0.1, 0.15) is 25.7 Å². The van der Waals surface area contributed by atoms with Gasteiger partial charge in [0.2, 0.25) is 0 Å². The molecule has 1 N–H and O–H groups in total. The molecular weight excluding hydrogens is 224 g/mol. The van der Waals surface area contributed by atoms with Crippen LogP contribution in [0.3, 0.4) is 0 Å². The Hall–Kier alpha value is -1.71. The summed E-state index contributed by atoms with van der Waals surface area (Å²) < 4.78 is 0. The van der Waals surface area contributed by atoms with Crippen LogP contribution in [0.15, 0.2) is 24.5 Å². The van der Waals surface area contributed by atoms with Crippen LogP contribution in [0.5, 0.6) is 0 Å². The quantitative estimate of drug-likeness (QED) is 0.892. The van der Waals surface area contributed by atoms with Crippen molar-refractivity contribution in [2.24, 2.45) is 11.8 Å². The average molecular weight is 240 g/mol.